The summed E-state index contributed by atoms with van der Waals surface area (Å²) in [6, 6.07) is 6.36. The molecule has 3 nitrogen and oxygen atoms in total. The molecule has 0 atom stereocenters. The van der Waals surface area contributed by atoms with Crippen LogP contribution in [0, 0.1) is 13.8 Å². The molecular weight excluding hydrogens is 238 g/mol. The summed E-state index contributed by atoms with van der Waals surface area (Å²) in [5, 5.41) is 9.12. The van der Waals surface area contributed by atoms with E-state index in [1.165, 1.54) is 12.0 Å². The molecule has 3 heteroatoms. The van der Waals surface area contributed by atoms with Crippen LogP contribution in [-0.4, -0.2) is 41.5 Å². The molecule has 0 aromatic heterocycles. The van der Waals surface area contributed by atoms with Crippen molar-refractivity contribution in [2.75, 3.05) is 19.7 Å². The Balaban J connectivity index is 2.03. The number of ketones is 1. The molecule has 0 unspecified atom stereocenters. The number of Topliss-reactive ketones (excluding diaryl/α,β-unsaturated/α-hetero) is 1. The van der Waals surface area contributed by atoms with Gasteiger partial charge in [0.15, 0.2) is 5.78 Å². The topological polar surface area (TPSA) is 40.5 Å². The minimum absolute atomic E-state index is 0.122. The van der Waals surface area contributed by atoms with Gasteiger partial charge in [0.25, 0.3) is 0 Å². The molecule has 0 saturated heterocycles. The van der Waals surface area contributed by atoms with Crippen LogP contribution in [0.3, 0.4) is 0 Å². The maximum absolute atomic E-state index is 12.3. The van der Waals surface area contributed by atoms with E-state index in [1.54, 1.807) is 0 Å². The van der Waals surface area contributed by atoms with Crippen molar-refractivity contribution in [1.29, 1.82) is 0 Å². The highest BCUT2D eigenvalue weighted by Gasteiger charge is 2.26. The first-order chi connectivity index (χ1) is 9.11. The predicted molar refractivity (Wildman–Crippen MR) is 76.5 cm³/mol. The Morgan fingerprint density at radius 1 is 1.32 bits per heavy atom. The van der Waals surface area contributed by atoms with Crippen LogP contribution in [0.15, 0.2) is 18.2 Å². The summed E-state index contributed by atoms with van der Waals surface area (Å²) >= 11 is 0. The van der Waals surface area contributed by atoms with Crippen LogP contribution in [0.4, 0.5) is 0 Å². The molecule has 0 amide bonds. The van der Waals surface area contributed by atoms with E-state index in [9.17, 15) is 4.79 Å². The van der Waals surface area contributed by atoms with Crippen LogP contribution in [0.25, 0.3) is 0 Å². The van der Waals surface area contributed by atoms with E-state index in [1.807, 2.05) is 25.1 Å². The summed E-state index contributed by atoms with van der Waals surface area (Å²) in [4.78, 5) is 14.4. The second-order valence-electron chi connectivity index (χ2n) is 5.50. The van der Waals surface area contributed by atoms with Gasteiger partial charge in [-0.3, -0.25) is 9.69 Å². The van der Waals surface area contributed by atoms with E-state index in [-0.39, 0.29) is 12.4 Å². The van der Waals surface area contributed by atoms with E-state index in [2.05, 4.69) is 11.8 Å². The average Bonchev–Trinajstić information content (AvgIpc) is 2.30. The Labute approximate surface area is 115 Å². The molecule has 1 fully saturated rings. The average molecular weight is 261 g/mol. The number of nitrogens with zero attached hydrogens (tertiary/aromatic N) is 1. The van der Waals surface area contributed by atoms with Gasteiger partial charge >= 0.3 is 0 Å². The van der Waals surface area contributed by atoms with Crippen LogP contribution < -0.4 is 0 Å². The van der Waals surface area contributed by atoms with Gasteiger partial charge in [-0.05, 0) is 43.9 Å². The number of rotatable bonds is 6. The lowest BCUT2D eigenvalue weighted by atomic mass is 9.91. The second kappa shape index (κ2) is 6.31. The van der Waals surface area contributed by atoms with Crippen LogP contribution in [-0.2, 0) is 0 Å². The van der Waals surface area contributed by atoms with Gasteiger partial charge in [0, 0.05) is 18.2 Å². The molecule has 104 valence electrons. The van der Waals surface area contributed by atoms with Crippen molar-refractivity contribution in [3.8, 4) is 0 Å². The van der Waals surface area contributed by atoms with Gasteiger partial charge in [-0.1, -0.05) is 18.6 Å². The first-order valence-electron chi connectivity index (χ1n) is 7.07. The lowest BCUT2D eigenvalue weighted by Gasteiger charge is -2.36. The summed E-state index contributed by atoms with van der Waals surface area (Å²) in [6.45, 7) is 5.23. The first kappa shape index (κ1) is 14.2. The molecule has 0 radical (unpaired) electrons. The molecule has 1 N–H and O–H groups in total. The standard InChI is InChI=1S/C16H23NO2/c1-12-6-7-14(10-13(12)2)16(19)11-17(8-9-18)15-4-3-5-15/h6-7,10,15,18H,3-5,8-9,11H2,1-2H3. The van der Waals surface area contributed by atoms with Gasteiger partial charge in [-0.25, -0.2) is 0 Å². The molecule has 1 aromatic carbocycles. The highest BCUT2D eigenvalue weighted by Crippen LogP contribution is 2.24. The van der Waals surface area contributed by atoms with Crippen LogP contribution in [0.2, 0.25) is 0 Å². The molecule has 0 bridgehead atoms. The molecule has 0 spiro atoms. The molecule has 2 rings (SSSR count). The maximum Gasteiger partial charge on any atom is 0.176 e. The quantitative estimate of drug-likeness (QED) is 0.799. The van der Waals surface area contributed by atoms with Crippen molar-refractivity contribution in [2.45, 2.75) is 39.2 Å². The van der Waals surface area contributed by atoms with Crippen LogP contribution in [0.5, 0.6) is 0 Å². The minimum Gasteiger partial charge on any atom is -0.395 e. The Bertz CT molecular complexity index is 452. The summed E-state index contributed by atoms with van der Waals surface area (Å²) in [5.41, 5.74) is 3.15. The predicted octanol–water partition coefficient (Wildman–Crippen LogP) is 2.33. The zero-order chi connectivity index (χ0) is 13.8. The molecule has 1 aliphatic rings. The molecule has 1 aliphatic carbocycles. The number of carbonyl (C=O) groups is 1. The van der Waals surface area contributed by atoms with Gasteiger partial charge in [-0.2, -0.15) is 0 Å². The van der Waals surface area contributed by atoms with Gasteiger partial charge in [0.05, 0.1) is 13.2 Å². The molecule has 1 aromatic rings. The summed E-state index contributed by atoms with van der Waals surface area (Å²) in [7, 11) is 0. The fourth-order valence-corrected chi connectivity index (χ4v) is 2.46. The smallest absolute Gasteiger partial charge is 0.176 e. The summed E-state index contributed by atoms with van der Waals surface area (Å²) < 4.78 is 0. The number of hydrogen-bond acceptors (Lipinski definition) is 3. The highest BCUT2D eigenvalue weighted by molar-refractivity contribution is 5.97. The van der Waals surface area contributed by atoms with Crippen molar-refractivity contribution < 1.29 is 9.90 Å². The number of hydrogen-bond donors (Lipinski definition) is 1. The summed E-state index contributed by atoms with van der Waals surface area (Å²) in [5.74, 6) is 0.156. The van der Waals surface area contributed by atoms with E-state index in [0.717, 1.165) is 24.0 Å². The van der Waals surface area contributed by atoms with Crippen molar-refractivity contribution in [3.63, 3.8) is 0 Å². The SMILES string of the molecule is Cc1ccc(C(=O)CN(CCO)C2CCC2)cc1C. The molecule has 1 saturated carbocycles. The molecule has 0 aliphatic heterocycles. The zero-order valence-corrected chi connectivity index (χ0v) is 11.9. The zero-order valence-electron chi connectivity index (χ0n) is 11.9. The van der Waals surface area contributed by atoms with Crippen molar-refractivity contribution in [3.05, 3.63) is 34.9 Å². The summed E-state index contributed by atoms with van der Waals surface area (Å²) in [6.07, 6.45) is 3.55. The first-order valence-corrected chi connectivity index (χ1v) is 7.07. The lowest BCUT2D eigenvalue weighted by molar-refractivity contribution is 0.0747. The van der Waals surface area contributed by atoms with E-state index >= 15 is 0 Å². The maximum atomic E-state index is 12.3. The Hall–Kier alpha value is -1.19. The van der Waals surface area contributed by atoms with E-state index in [4.69, 9.17) is 5.11 Å². The fraction of sp³-hybridized carbons (Fsp3) is 0.562. The third kappa shape index (κ3) is 3.43. The van der Waals surface area contributed by atoms with E-state index < -0.39 is 0 Å². The number of carbonyl (C=O) groups excluding carboxylic acids is 1. The lowest BCUT2D eigenvalue weighted by Crippen LogP contribution is -2.44. The fourth-order valence-electron chi connectivity index (χ4n) is 2.46. The minimum atomic E-state index is 0.122. The Morgan fingerprint density at radius 2 is 2.05 bits per heavy atom. The van der Waals surface area contributed by atoms with Gasteiger partial charge < -0.3 is 5.11 Å². The highest BCUT2D eigenvalue weighted by atomic mass is 16.3. The van der Waals surface area contributed by atoms with Crippen LogP contribution in [0.1, 0.15) is 40.7 Å². The molecule has 0 heterocycles. The van der Waals surface area contributed by atoms with Gasteiger partial charge in [-0.15, -0.1) is 0 Å². The van der Waals surface area contributed by atoms with Crippen molar-refractivity contribution >= 4 is 5.78 Å². The van der Waals surface area contributed by atoms with Crippen LogP contribution >= 0.6 is 0 Å². The number of benzene rings is 1. The second-order valence-corrected chi connectivity index (χ2v) is 5.50. The molecule has 19 heavy (non-hydrogen) atoms. The van der Waals surface area contributed by atoms with Gasteiger partial charge in [0.2, 0.25) is 0 Å². The van der Waals surface area contributed by atoms with Crippen molar-refractivity contribution in [1.82, 2.24) is 4.90 Å². The number of aliphatic hydroxyl groups is 1. The monoisotopic (exact) mass is 261 g/mol. The molecular formula is C16H23NO2. The Morgan fingerprint density at radius 3 is 2.58 bits per heavy atom. The Kier molecular flexibility index (Phi) is 4.72. The largest absolute Gasteiger partial charge is 0.395 e. The normalized spacial score (nSPS) is 15.6. The van der Waals surface area contributed by atoms with Gasteiger partial charge in [0.1, 0.15) is 0 Å². The van der Waals surface area contributed by atoms with Crippen molar-refractivity contribution in [2.24, 2.45) is 0 Å². The van der Waals surface area contributed by atoms with E-state index in [0.29, 0.717) is 19.1 Å². The number of aliphatic hydroxyl groups excluding tert-OH is 1. The third-order valence-corrected chi connectivity index (χ3v) is 4.15. The third-order valence-electron chi connectivity index (χ3n) is 4.15. The number of aryl methyl sites for hydroxylation is 2.